The number of rotatable bonds is 5. The molecular formula is C20H31N3O2. The van der Waals surface area contributed by atoms with Crippen LogP contribution in [0.4, 0.5) is 0 Å². The topological polar surface area (TPSA) is 56.7 Å². The van der Waals surface area contributed by atoms with E-state index in [9.17, 15) is 9.90 Å². The molecule has 5 heteroatoms. The minimum Gasteiger partial charge on any atom is -0.396 e. The zero-order valence-corrected chi connectivity index (χ0v) is 15.5. The second kappa shape index (κ2) is 8.28. The smallest absolute Gasteiger partial charge is 0.225 e. The van der Waals surface area contributed by atoms with Crippen LogP contribution in [-0.4, -0.2) is 58.6 Å². The van der Waals surface area contributed by atoms with Crippen LogP contribution in [0.2, 0.25) is 0 Å². The Bertz CT molecular complexity index is 555. The molecule has 0 radical (unpaired) electrons. The first-order valence-corrected chi connectivity index (χ1v) is 9.60. The summed E-state index contributed by atoms with van der Waals surface area (Å²) in [5.41, 5.74) is 1.09. The van der Waals surface area contributed by atoms with Crippen molar-refractivity contribution in [1.29, 1.82) is 0 Å². The van der Waals surface area contributed by atoms with Gasteiger partial charge < -0.3 is 10.0 Å². The fourth-order valence-corrected chi connectivity index (χ4v) is 4.48. The molecule has 0 bridgehead atoms. The second-order valence-corrected chi connectivity index (χ2v) is 7.94. The average Bonchev–Trinajstić information content (AvgIpc) is 3.05. The molecule has 0 unspecified atom stereocenters. The van der Waals surface area contributed by atoms with Gasteiger partial charge in [-0.1, -0.05) is 19.9 Å². The summed E-state index contributed by atoms with van der Waals surface area (Å²) in [4.78, 5) is 21.1. The molecule has 0 spiro atoms. The Morgan fingerprint density at radius 1 is 1.28 bits per heavy atom. The normalized spacial score (nSPS) is 25.7. The lowest BCUT2D eigenvalue weighted by Gasteiger charge is -2.37. The molecule has 0 saturated carbocycles. The molecule has 1 aromatic heterocycles. The summed E-state index contributed by atoms with van der Waals surface area (Å²) in [6.45, 7) is 8.79. The van der Waals surface area contributed by atoms with Crippen LogP contribution in [0.1, 0.15) is 32.4 Å². The largest absolute Gasteiger partial charge is 0.396 e. The lowest BCUT2D eigenvalue weighted by molar-refractivity contribution is -0.136. The number of amides is 1. The summed E-state index contributed by atoms with van der Waals surface area (Å²) in [7, 11) is 0. The number of pyridine rings is 1. The molecule has 3 heterocycles. The van der Waals surface area contributed by atoms with E-state index in [1.165, 1.54) is 0 Å². The van der Waals surface area contributed by atoms with Crippen LogP contribution in [-0.2, 0) is 11.3 Å². The summed E-state index contributed by atoms with van der Waals surface area (Å²) in [6, 6.07) is 6.04. The van der Waals surface area contributed by atoms with Gasteiger partial charge in [-0.15, -0.1) is 0 Å². The van der Waals surface area contributed by atoms with Crippen molar-refractivity contribution in [3.8, 4) is 0 Å². The highest BCUT2D eigenvalue weighted by molar-refractivity contribution is 5.78. The minimum absolute atomic E-state index is 0.0853. The molecule has 5 nitrogen and oxygen atoms in total. The van der Waals surface area contributed by atoms with E-state index in [4.69, 9.17) is 0 Å². The predicted octanol–water partition coefficient (Wildman–Crippen LogP) is 2.02. The third kappa shape index (κ3) is 4.39. The number of piperidine rings is 1. The van der Waals surface area contributed by atoms with Gasteiger partial charge in [0.1, 0.15) is 0 Å². The van der Waals surface area contributed by atoms with Crippen LogP contribution in [0.3, 0.4) is 0 Å². The summed E-state index contributed by atoms with van der Waals surface area (Å²) in [5.74, 6) is 1.86. The number of aromatic nitrogens is 1. The number of hydrogen-bond donors (Lipinski definition) is 1. The van der Waals surface area contributed by atoms with Gasteiger partial charge in [-0.2, -0.15) is 0 Å². The van der Waals surface area contributed by atoms with Gasteiger partial charge in [-0.05, 0) is 42.7 Å². The number of carbonyl (C=O) groups is 1. The molecule has 2 aliphatic heterocycles. The van der Waals surface area contributed by atoms with Crippen LogP contribution in [0.25, 0.3) is 0 Å². The summed E-state index contributed by atoms with van der Waals surface area (Å²) in [6.07, 6.45) is 3.97. The Hall–Kier alpha value is -1.46. The van der Waals surface area contributed by atoms with Crippen LogP contribution >= 0.6 is 0 Å². The van der Waals surface area contributed by atoms with Crippen molar-refractivity contribution in [3.05, 3.63) is 30.1 Å². The standard InChI is InChI=1S/C20H31N3O2/c1-15(2)20(25)23-9-6-16(7-10-23)19-13-22(11-17(19)14-24)12-18-5-3-4-8-21-18/h3-5,8,15-17,19,24H,6-7,9-14H2,1-2H3/t17-,19-/m0/s1. The number of aliphatic hydroxyl groups excluding tert-OH is 1. The first-order valence-electron chi connectivity index (χ1n) is 9.60. The Morgan fingerprint density at radius 2 is 2.04 bits per heavy atom. The zero-order valence-electron chi connectivity index (χ0n) is 15.5. The second-order valence-electron chi connectivity index (χ2n) is 7.94. The summed E-state index contributed by atoms with van der Waals surface area (Å²) in [5, 5.41) is 9.86. The maximum atomic E-state index is 12.2. The van der Waals surface area contributed by atoms with E-state index in [0.717, 1.165) is 51.3 Å². The Morgan fingerprint density at radius 3 is 2.64 bits per heavy atom. The van der Waals surface area contributed by atoms with Crippen LogP contribution in [0, 0.1) is 23.7 Å². The van der Waals surface area contributed by atoms with Crippen molar-refractivity contribution in [2.45, 2.75) is 33.2 Å². The van der Waals surface area contributed by atoms with Crippen molar-refractivity contribution in [1.82, 2.24) is 14.8 Å². The van der Waals surface area contributed by atoms with E-state index in [0.29, 0.717) is 17.8 Å². The fourth-order valence-electron chi connectivity index (χ4n) is 4.48. The highest BCUT2D eigenvalue weighted by atomic mass is 16.3. The molecule has 1 aromatic rings. The van der Waals surface area contributed by atoms with E-state index in [1.807, 2.05) is 37.1 Å². The fraction of sp³-hybridized carbons (Fsp3) is 0.700. The third-order valence-corrected chi connectivity index (χ3v) is 5.86. The van der Waals surface area contributed by atoms with Gasteiger partial charge in [-0.3, -0.25) is 14.7 Å². The molecule has 25 heavy (non-hydrogen) atoms. The summed E-state index contributed by atoms with van der Waals surface area (Å²) < 4.78 is 0. The minimum atomic E-state index is 0.0853. The number of nitrogens with zero attached hydrogens (tertiary/aromatic N) is 3. The number of likely N-dealkylation sites (tertiary alicyclic amines) is 2. The molecular weight excluding hydrogens is 314 g/mol. The first-order chi connectivity index (χ1) is 12.1. The lowest BCUT2D eigenvalue weighted by Crippen LogP contribution is -2.43. The molecule has 1 amide bonds. The summed E-state index contributed by atoms with van der Waals surface area (Å²) >= 11 is 0. The SMILES string of the molecule is CC(C)C(=O)N1CCC([C@@H]2CN(Cc3ccccn3)C[C@H]2CO)CC1. The lowest BCUT2D eigenvalue weighted by atomic mass is 9.78. The Kier molecular flexibility index (Phi) is 6.07. The van der Waals surface area contributed by atoms with E-state index in [1.54, 1.807) is 0 Å². The van der Waals surface area contributed by atoms with Crippen LogP contribution in [0.5, 0.6) is 0 Å². The van der Waals surface area contributed by atoms with Gasteiger partial charge in [0, 0.05) is 51.4 Å². The van der Waals surface area contributed by atoms with Gasteiger partial charge in [-0.25, -0.2) is 0 Å². The monoisotopic (exact) mass is 345 g/mol. The molecule has 2 fully saturated rings. The van der Waals surface area contributed by atoms with Gasteiger partial charge in [0.25, 0.3) is 0 Å². The molecule has 3 rings (SSSR count). The van der Waals surface area contributed by atoms with Gasteiger partial charge in [0.05, 0.1) is 5.69 Å². The number of carbonyl (C=O) groups excluding carboxylic acids is 1. The van der Waals surface area contributed by atoms with E-state index in [2.05, 4.69) is 16.0 Å². The number of aliphatic hydroxyl groups is 1. The predicted molar refractivity (Wildman–Crippen MR) is 97.7 cm³/mol. The molecule has 138 valence electrons. The number of hydrogen-bond acceptors (Lipinski definition) is 4. The van der Waals surface area contributed by atoms with Crippen LogP contribution in [0.15, 0.2) is 24.4 Å². The van der Waals surface area contributed by atoms with Gasteiger partial charge in [0.15, 0.2) is 0 Å². The Labute approximate surface area is 151 Å². The molecule has 0 aromatic carbocycles. The van der Waals surface area contributed by atoms with E-state index < -0.39 is 0 Å². The Balaban J connectivity index is 1.56. The van der Waals surface area contributed by atoms with Crippen molar-refractivity contribution < 1.29 is 9.90 Å². The quantitative estimate of drug-likeness (QED) is 0.887. The average molecular weight is 345 g/mol. The van der Waals surface area contributed by atoms with Crippen LogP contribution < -0.4 is 0 Å². The molecule has 1 N–H and O–H groups in total. The first kappa shape index (κ1) is 18.3. The van der Waals surface area contributed by atoms with E-state index >= 15 is 0 Å². The molecule has 2 aliphatic rings. The van der Waals surface area contributed by atoms with Crippen molar-refractivity contribution in [3.63, 3.8) is 0 Å². The highest BCUT2D eigenvalue weighted by Gasteiger charge is 2.39. The van der Waals surface area contributed by atoms with Gasteiger partial charge in [0.2, 0.25) is 5.91 Å². The highest BCUT2D eigenvalue weighted by Crippen LogP contribution is 2.36. The maximum Gasteiger partial charge on any atom is 0.225 e. The molecule has 2 saturated heterocycles. The van der Waals surface area contributed by atoms with Gasteiger partial charge >= 0.3 is 0 Å². The van der Waals surface area contributed by atoms with E-state index in [-0.39, 0.29) is 18.4 Å². The van der Waals surface area contributed by atoms with Crippen molar-refractivity contribution in [2.75, 3.05) is 32.8 Å². The van der Waals surface area contributed by atoms with Crippen molar-refractivity contribution in [2.24, 2.45) is 23.7 Å². The zero-order chi connectivity index (χ0) is 17.8. The van der Waals surface area contributed by atoms with Crippen molar-refractivity contribution >= 4 is 5.91 Å². The molecule has 0 aliphatic carbocycles. The molecule has 2 atom stereocenters. The third-order valence-electron chi connectivity index (χ3n) is 5.86. The maximum absolute atomic E-state index is 12.2.